The molecule has 1 aliphatic heterocycles. The number of rotatable bonds is 2. The lowest BCUT2D eigenvalue weighted by atomic mass is 10.1. The van der Waals surface area contributed by atoms with Crippen molar-refractivity contribution in [3.63, 3.8) is 0 Å². The van der Waals surface area contributed by atoms with Crippen molar-refractivity contribution in [2.75, 3.05) is 25.5 Å². The van der Waals surface area contributed by atoms with Gasteiger partial charge in [0.25, 0.3) is 0 Å². The lowest BCUT2D eigenvalue weighted by Gasteiger charge is -2.31. The highest BCUT2D eigenvalue weighted by atomic mass is 16.5. The first-order valence-corrected chi connectivity index (χ1v) is 7.09. The van der Waals surface area contributed by atoms with Crippen LogP contribution >= 0.6 is 0 Å². The van der Waals surface area contributed by atoms with Gasteiger partial charge in [-0.25, -0.2) is 9.59 Å². The van der Waals surface area contributed by atoms with Crippen molar-refractivity contribution in [2.45, 2.75) is 18.9 Å². The van der Waals surface area contributed by atoms with Crippen LogP contribution in [0.2, 0.25) is 0 Å². The number of hydrogen-bond donors (Lipinski definition) is 2. The molecule has 6 nitrogen and oxygen atoms in total. The molecule has 2 N–H and O–H groups in total. The number of hydrogen-bond acceptors (Lipinski definition) is 3. The summed E-state index contributed by atoms with van der Waals surface area (Å²) < 4.78 is 4.68. The average Bonchev–Trinajstić information content (AvgIpc) is 2.55. The Hall–Kier alpha value is -2.68. The minimum absolute atomic E-state index is 0.0386. The second kappa shape index (κ2) is 7.36. The zero-order valence-electron chi connectivity index (χ0n) is 12.5. The van der Waals surface area contributed by atoms with Crippen LogP contribution in [-0.4, -0.2) is 43.3 Å². The maximum Gasteiger partial charge on any atom is 0.409 e. The van der Waals surface area contributed by atoms with E-state index in [1.807, 2.05) is 0 Å². The molecule has 1 aliphatic rings. The van der Waals surface area contributed by atoms with E-state index in [0.717, 1.165) is 0 Å². The first-order chi connectivity index (χ1) is 10.6. The summed E-state index contributed by atoms with van der Waals surface area (Å²) in [6.07, 6.45) is 6.40. The summed E-state index contributed by atoms with van der Waals surface area (Å²) in [5.74, 6) is 2.52. The van der Waals surface area contributed by atoms with Gasteiger partial charge in [-0.3, -0.25) is 0 Å². The van der Waals surface area contributed by atoms with Gasteiger partial charge in [-0.15, -0.1) is 6.42 Å². The molecule has 0 unspecified atom stereocenters. The Balaban J connectivity index is 1.81. The number of carbonyl (C=O) groups is 2. The van der Waals surface area contributed by atoms with Gasteiger partial charge in [0, 0.05) is 30.4 Å². The molecule has 1 heterocycles. The molecule has 0 spiro atoms. The van der Waals surface area contributed by atoms with E-state index in [0.29, 0.717) is 37.2 Å². The van der Waals surface area contributed by atoms with Crippen LogP contribution in [0.3, 0.4) is 0 Å². The zero-order chi connectivity index (χ0) is 15.9. The second-order valence-electron chi connectivity index (χ2n) is 5.05. The Kier molecular flexibility index (Phi) is 5.26. The Morgan fingerprint density at radius 3 is 2.73 bits per heavy atom. The highest BCUT2D eigenvalue weighted by molar-refractivity contribution is 5.89. The predicted octanol–water partition coefficient (Wildman–Crippen LogP) is 2.02. The van der Waals surface area contributed by atoms with Crippen molar-refractivity contribution < 1.29 is 14.3 Å². The van der Waals surface area contributed by atoms with Gasteiger partial charge in [-0.1, -0.05) is 12.0 Å². The van der Waals surface area contributed by atoms with E-state index in [9.17, 15) is 9.59 Å². The van der Waals surface area contributed by atoms with Crippen molar-refractivity contribution in [1.82, 2.24) is 10.2 Å². The molecule has 1 fully saturated rings. The lowest BCUT2D eigenvalue weighted by molar-refractivity contribution is 0.110. The first kappa shape index (κ1) is 15.7. The maximum absolute atomic E-state index is 12.0. The second-order valence-corrected chi connectivity index (χ2v) is 5.05. The van der Waals surface area contributed by atoms with Crippen LogP contribution < -0.4 is 10.6 Å². The summed E-state index contributed by atoms with van der Waals surface area (Å²) in [4.78, 5) is 25.0. The highest BCUT2D eigenvalue weighted by Gasteiger charge is 2.24. The average molecular weight is 301 g/mol. The number of anilines is 1. The number of terminal acetylenes is 1. The Morgan fingerprint density at radius 2 is 2.09 bits per heavy atom. The normalized spacial score (nSPS) is 14.8. The van der Waals surface area contributed by atoms with Crippen LogP contribution in [0.25, 0.3) is 0 Å². The Morgan fingerprint density at radius 1 is 1.36 bits per heavy atom. The quantitative estimate of drug-likeness (QED) is 0.821. The third-order valence-corrected chi connectivity index (χ3v) is 3.55. The molecular formula is C16H19N3O3. The summed E-state index contributed by atoms with van der Waals surface area (Å²) in [5, 5.41) is 5.66. The number of nitrogens with zero attached hydrogens (tertiary/aromatic N) is 1. The molecule has 0 saturated carbocycles. The van der Waals surface area contributed by atoms with Gasteiger partial charge >= 0.3 is 12.1 Å². The molecule has 1 aromatic rings. The molecule has 0 radical (unpaired) electrons. The van der Waals surface area contributed by atoms with Crippen LogP contribution in [0.15, 0.2) is 24.3 Å². The fourth-order valence-electron chi connectivity index (χ4n) is 2.37. The predicted molar refractivity (Wildman–Crippen MR) is 83.5 cm³/mol. The van der Waals surface area contributed by atoms with Crippen LogP contribution in [0.1, 0.15) is 18.4 Å². The van der Waals surface area contributed by atoms with E-state index in [4.69, 9.17) is 6.42 Å². The lowest BCUT2D eigenvalue weighted by Crippen LogP contribution is -2.47. The molecule has 1 saturated heterocycles. The molecule has 1 aromatic carbocycles. The summed E-state index contributed by atoms with van der Waals surface area (Å²) in [6.45, 7) is 1.15. The summed E-state index contributed by atoms with van der Waals surface area (Å²) >= 11 is 0. The number of benzene rings is 1. The molecule has 3 amide bonds. The van der Waals surface area contributed by atoms with Gasteiger partial charge in [0.15, 0.2) is 0 Å². The highest BCUT2D eigenvalue weighted by Crippen LogP contribution is 2.13. The monoisotopic (exact) mass is 301 g/mol. The number of carbonyl (C=O) groups excluding carboxylic acids is 2. The minimum atomic E-state index is -0.325. The van der Waals surface area contributed by atoms with Gasteiger partial charge in [-0.2, -0.15) is 0 Å². The molecule has 22 heavy (non-hydrogen) atoms. The standard InChI is InChI=1S/C16H19N3O3/c1-3-12-5-4-6-14(11-12)18-15(20)17-13-7-9-19(10-8-13)16(21)22-2/h1,4-6,11,13H,7-10H2,2H3,(H2,17,18,20). The van der Waals surface area contributed by atoms with Crippen LogP contribution in [0.4, 0.5) is 15.3 Å². The molecule has 2 rings (SSSR count). The third-order valence-electron chi connectivity index (χ3n) is 3.55. The number of amides is 3. The van der Waals surface area contributed by atoms with E-state index in [2.05, 4.69) is 21.3 Å². The molecular weight excluding hydrogens is 282 g/mol. The molecule has 116 valence electrons. The maximum atomic E-state index is 12.0. The summed E-state index contributed by atoms with van der Waals surface area (Å²) in [5.41, 5.74) is 1.36. The largest absolute Gasteiger partial charge is 0.453 e. The summed E-state index contributed by atoms with van der Waals surface area (Å²) in [7, 11) is 1.37. The number of piperidine rings is 1. The van der Waals surface area contributed by atoms with Gasteiger partial charge in [-0.05, 0) is 31.0 Å². The molecule has 6 heteroatoms. The smallest absolute Gasteiger partial charge is 0.409 e. The van der Waals surface area contributed by atoms with Crippen molar-refractivity contribution in [1.29, 1.82) is 0 Å². The van der Waals surface area contributed by atoms with Crippen LogP contribution in [-0.2, 0) is 4.74 Å². The SMILES string of the molecule is C#Cc1cccc(NC(=O)NC2CCN(C(=O)OC)CC2)c1. The number of urea groups is 1. The first-order valence-electron chi connectivity index (χ1n) is 7.09. The van der Waals surface area contributed by atoms with Gasteiger partial charge in [0.1, 0.15) is 0 Å². The molecule has 0 atom stereocenters. The van der Waals surface area contributed by atoms with E-state index >= 15 is 0 Å². The zero-order valence-corrected chi connectivity index (χ0v) is 12.5. The van der Waals surface area contributed by atoms with Crippen molar-refractivity contribution in [3.8, 4) is 12.3 Å². The Bertz CT molecular complexity index is 587. The topological polar surface area (TPSA) is 70.7 Å². The number of ether oxygens (including phenoxy) is 1. The Labute approximate surface area is 129 Å². The molecule has 0 bridgehead atoms. The number of methoxy groups -OCH3 is 1. The molecule has 0 aromatic heterocycles. The molecule has 0 aliphatic carbocycles. The van der Waals surface area contributed by atoms with Crippen molar-refractivity contribution in [3.05, 3.63) is 29.8 Å². The number of likely N-dealkylation sites (tertiary alicyclic amines) is 1. The van der Waals surface area contributed by atoms with Gasteiger partial charge < -0.3 is 20.3 Å². The van der Waals surface area contributed by atoms with E-state index < -0.39 is 0 Å². The number of nitrogens with one attached hydrogen (secondary N) is 2. The van der Waals surface area contributed by atoms with Gasteiger partial charge in [0.2, 0.25) is 0 Å². The van der Waals surface area contributed by atoms with Crippen molar-refractivity contribution >= 4 is 17.8 Å². The van der Waals surface area contributed by atoms with E-state index in [1.54, 1.807) is 29.2 Å². The van der Waals surface area contributed by atoms with Gasteiger partial charge in [0.05, 0.1) is 7.11 Å². The summed E-state index contributed by atoms with van der Waals surface area (Å²) in [6, 6.07) is 6.87. The fourth-order valence-corrected chi connectivity index (χ4v) is 2.37. The van der Waals surface area contributed by atoms with E-state index in [1.165, 1.54) is 7.11 Å². The minimum Gasteiger partial charge on any atom is -0.453 e. The van der Waals surface area contributed by atoms with Crippen LogP contribution in [0.5, 0.6) is 0 Å². The fraction of sp³-hybridized carbons (Fsp3) is 0.375. The third kappa shape index (κ3) is 4.16. The van der Waals surface area contributed by atoms with Crippen LogP contribution in [0, 0.1) is 12.3 Å². The van der Waals surface area contributed by atoms with Crippen molar-refractivity contribution in [2.24, 2.45) is 0 Å². The van der Waals surface area contributed by atoms with E-state index in [-0.39, 0.29) is 18.2 Å².